The molecule has 3 rings (SSSR count). The minimum absolute atomic E-state index is 0.000106. The third-order valence-electron chi connectivity index (χ3n) is 5.46. The minimum Gasteiger partial charge on any atom is -0.455 e. The zero-order valence-corrected chi connectivity index (χ0v) is 19.2. The van der Waals surface area contributed by atoms with Crippen LogP contribution in [-0.4, -0.2) is 41.5 Å². The fourth-order valence-corrected chi connectivity index (χ4v) is 3.45. The first kappa shape index (κ1) is 27.7. The van der Waals surface area contributed by atoms with Gasteiger partial charge in [-0.1, -0.05) is 17.7 Å². The number of aryl methyl sites for hydroxylation is 2. The molecule has 37 heavy (non-hydrogen) atoms. The van der Waals surface area contributed by atoms with Crippen LogP contribution in [0.2, 0.25) is 0 Å². The van der Waals surface area contributed by atoms with Gasteiger partial charge < -0.3 is 4.42 Å². The number of fused-ring (bicyclic) bond motifs is 1. The second kappa shape index (κ2) is 9.86. The van der Waals surface area contributed by atoms with E-state index in [4.69, 9.17) is 4.42 Å². The van der Waals surface area contributed by atoms with Gasteiger partial charge in [-0.05, 0) is 38.8 Å². The van der Waals surface area contributed by atoms with Gasteiger partial charge in [0.15, 0.2) is 5.76 Å². The number of rotatable bonds is 5. The quantitative estimate of drug-likeness (QED) is 0.397. The van der Waals surface area contributed by atoms with E-state index in [1.165, 1.54) is 19.1 Å². The van der Waals surface area contributed by atoms with Crippen LogP contribution >= 0.6 is 0 Å². The van der Waals surface area contributed by atoms with E-state index >= 15 is 0 Å². The first-order valence-electron chi connectivity index (χ1n) is 10.6. The Morgan fingerprint density at radius 1 is 0.892 bits per heavy atom. The zero-order valence-electron chi connectivity index (χ0n) is 19.2. The van der Waals surface area contributed by atoms with Crippen molar-refractivity contribution in [2.24, 2.45) is 5.10 Å². The van der Waals surface area contributed by atoms with Gasteiger partial charge in [0, 0.05) is 23.1 Å². The van der Waals surface area contributed by atoms with Crippen molar-refractivity contribution >= 4 is 23.4 Å². The molecule has 1 aliphatic carbocycles. The van der Waals surface area contributed by atoms with E-state index in [-0.39, 0.29) is 53.2 Å². The summed E-state index contributed by atoms with van der Waals surface area (Å²) in [5.41, 5.74) is 6.57. The maximum Gasteiger partial charge on any atom is 0.460 e. The van der Waals surface area contributed by atoms with E-state index in [9.17, 15) is 45.1 Å². The van der Waals surface area contributed by atoms with Crippen molar-refractivity contribution in [2.45, 2.75) is 51.1 Å². The predicted octanol–water partition coefficient (Wildman–Crippen LogP) is 3.96. The summed E-state index contributed by atoms with van der Waals surface area (Å²) < 4.78 is 95.8. The van der Waals surface area contributed by atoms with Crippen molar-refractivity contribution in [1.29, 1.82) is 0 Å². The normalized spacial score (nSPS) is 15.2. The molecule has 0 radical (unpaired) electrons. The van der Waals surface area contributed by atoms with E-state index < -0.39 is 35.7 Å². The Kier molecular flexibility index (Phi) is 7.37. The van der Waals surface area contributed by atoms with Crippen LogP contribution in [0.5, 0.6) is 0 Å². The number of hydrazine groups is 1. The number of carbonyl (C=O) groups excluding carboxylic acids is 3. The lowest BCUT2D eigenvalue weighted by molar-refractivity contribution is -0.344. The molecule has 0 saturated heterocycles. The fourth-order valence-electron chi connectivity index (χ4n) is 3.45. The Balaban J connectivity index is 1.77. The topological polar surface area (TPSA) is 113 Å². The van der Waals surface area contributed by atoms with Crippen molar-refractivity contribution < 1.29 is 49.5 Å². The summed E-state index contributed by atoms with van der Waals surface area (Å²) in [5, 5.41) is 3.32. The van der Waals surface area contributed by atoms with Gasteiger partial charge in [-0.25, -0.2) is 5.43 Å². The molecule has 0 aliphatic heterocycles. The van der Waals surface area contributed by atoms with Gasteiger partial charge in [0.25, 0.3) is 5.91 Å². The maximum atomic E-state index is 13.6. The molecule has 0 atom stereocenters. The van der Waals surface area contributed by atoms with Crippen molar-refractivity contribution in [3.8, 4) is 0 Å². The summed E-state index contributed by atoms with van der Waals surface area (Å²) in [7, 11) is 0. The van der Waals surface area contributed by atoms with E-state index in [0.29, 0.717) is 0 Å². The third kappa shape index (κ3) is 5.29. The predicted molar refractivity (Wildman–Crippen MR) is 113 cm³/mol. The molecule has 0 spiro atoms. The number of furan rings is 1. The second-order valence-electron chi connectivity index (χ2n) is 8.13. The first-order chi connectivity index (χ1) is 17.1. The smallest absolute Gasteiger partial charge is 0.455 e. The molecule has 0 unspecified atom stereocenters. The van der Waals surface area contributed by atoms with Crippen LogP contribution in [0.4, 0.5) is 30.7 Å². The first-order valence-corrected chi connectivity index (χ1v) is 10.6. The SMILES string of the molecule is Cc1ccc(C(=O)NNC(=O)c2oc3c(c2C)/C(=N/NC(=O)C(F)(F)C(F)(F)C(F)(F)F)CCC3)cc1. The summed E-state index contributed by atoms with van der Waals surface area (Å²) in [4.78, 5) is 36.3. The Hall–Kier alpha value is -3.91. The summed E-state index contributed by atoms with van der Waals surface area (Å²) in [5.74, 6) is -17.4. The molecular weight excluding hydrogens is 517 g/mol. The molecular formula is C22H19F7N4O4. The van der Waals surface area contributed by atoms with Gasteiger partial charge >= 0.3 is 29.8 Å². The van der Waals surface area contributed by atoms with Crippen molar-refractivity contribution in [3.63, 3.8) is 0 Å². The molecule has 2 aromatic rings. The van der Waals surface area contributed by atoms with E-state index in [0.717, 1.165) is 11.0 Å². The number of carbonyl (C=O) groups is 3. The number of nitrogens with one attached hydrogen (secondary N) is 3. The third-order valence-corrected chi connectivity index (χ3v) is 5.46. The lowest BCUT2D eigenvalue weighted by Gasteiger charge is -2.26. The standard InChI is InChI=1S/C22H19F7N4O4/c1-10-6-8-12(9-7-10)17(34)31-32-18(35)16-11(2)15-13(4-3-5-14(15)37-16)30-33-19(36)20(23,24)21(25,26)22(27,28)29/h6-9H,3-5H2,1-2H3,(H,31,34)(H,32,35)(H,33,36)/b30-13+. The highest BCUT2D eigenvalue weighted by molar-refractivity contribution is 6.07. The second-order valence-corrected chi connectivity index (χ2v) is 8.13. The lowest BCUT2D eigenvalue weighted by atomic mass is 9.93. The average Bonchev–Trinajstić information content (AvgIpc) is 3.17. The monoisotopic (exact) mass is 536 g/mol. The molecule has 3 amide bonds. The van der Waals surface area contributed by atoms with Crippen LogP contribution in [0.15, 0.2) is 33.8 Å². The van der Waals surface area contributed by atoms with Crippen molar-refractivity contribution in [3.05, 3.63) is 58.0 Å². The largest absolute Gasteiger partial charge is 0.460 e. The number of halogens is 7. The zero-order chi connectivity index (χ0) is 27.8. The van der Waals surface area contributed by atoms with Gasteiger partial charge in [0.1, 0.15) is 5.76 Å². The Bertz CT molecular complexity index is 1250. The van der Waals surface area contributed by atoms with Crippen LogP contribution in [0.3, 0.4) is 0 Å². The molecule has 0 saturated carbocycles. The molecule has 200 valence electrons. The van der Waals surface area contributed by atoms with Gasteiger partial charge in [0.2, 0.25) is 0 Å². The van der Waals surface area contributed by atoms with Crippen molar-refractivity contribution in [1.82, 2.24) is 16.3 Å². The summed E-state index contributed by atoms with van der Waals surface area (Å²) >= 11 is 0. The number of hydrogen-bond donors (Lipinski definition) is 3. The highest BCUT2D eigenvalue weighted by Gasteiger charge is 2.76. The number of amides is 3. The maximum absolute atomic E-state index is 13.6. The molecule has 1 heterocycles. The Morgan fingerprint density at radius 2 is 1.49 bits per heavy atom. The van der Waals surface area contributed by atoms with Gasteiger partial charge in [-0.3, -0.25) is 25.2 Å². The molecule has 15 heteroatoms. The van der Waals surface area contributed by atoms with Gasteiger partial charge in [-0.2, -0.15) is 35.8 Å². The molecule has 1 aromatic carbocycles. The van der Waals surface area contributed by atoms with Gasteiger partial charge in [-0.15, -0.1) is 0 Å². The summed E-state index contributed by atoms with van der Waals surface area (Å²) in [6, 6.07) is 6.42. The molecule has 0 bridgehead atoms. The van der Waals surface area contributed by atoms with E-state index in [1.807, 2.05) is 6.92 Å². The number of alkyl halides is 7. The van der Waals surface area contributed by atoms with Crippen LogP contribution in [0, 0.1) is 13.8 Å². The molecule has 1 aromatic heterocycles. The summed E-state index contributed by atoms with van der Waals surface area (Å²) in [6.07, 6.45) is -6.17. The average molecular weight is 536 g/mol. The lowest BCUT2D eigenvalue weighted by Crippen LogP contribution is -2.58. The van der Waals surface area contributed by atoms with Crippen LogP contribution < -0.4 is 16.3 Å². The van der Waals surface area contributed by atoms with Crippen LogP contribution in [0.1, 0.15) is 56.2 Å². The fraction of sp³-hybridized carbons (Fsp3) is 0.364. The molecule has 3 N–H and O–H groups in total. The highest BCUT2D eigenvalue weighted by Crippen LogP contribution is 2.46. The molecule has 1 aliphatic rings. The summed E-state index contributed by atoms with van der Waals surface area (Å²) in [6.45, 7) is 3.19. The minimum atomic E-state index is -6.68. The van der Waals surface area contributed by atoms with E-state index in [2.05, 4.69) is 16.0 Å². The number of hydrogen-bond acceptors (Lipinski definition) is 5. The Labute approximate surface area is 204 Å². The van der Waals surface area contributed by atoms with Gasteiger partial charge in [0.05, 0.1) is 5.71 Å². The van der Waals surface area contributed by atoms with E-state index in [1.54, 1.807) is 12.1 Å². The highest BCUT2D eigenvalue weighted by atomic mass is 19.4. The van der Waals surface area contributed by atoms with Crippen molar-refractivity contribution in [2.75, 3.05) is 0 Å². The van der Waals surface area contributed by atoms with Crippen LogP contribution in [0.25, 0.3) is 0 Å². The van der Waals surface area contributed by atoms with Crippen LogP contribution in [-0.2, 0) is 11.2 Å². The number of nitrogens with zero attached hydrogens (tertiary/aromatic N) is 1. The molecule has 0 fully saturated rings. The number of benzene rings is 1. The Morgan fingerprint density at radius 3 is 2.08 bits per heavy atom. The number of hydrazone groups is 1. The molecule has 8 nitrogen and oxygen atoms in total.